The first-order valence-corrected chi connectivity index (χ1v) is 5.65. The van der Waals surface area contributed by atoms with Gasteiger partial charge >= 0.3 is 0 Å². The molecule has 1 heterocycles. The Morgan fingerprint density at radius 2 is 2.29 bits per heavy atom. The van der Waals surface area contributed by atoms with Crippen molar-refractivity contribution in [2.45, 2.75) is 26.5 Å². The van der Waals surface area contributed by atoms with Crippen molar-refractivity contribution in [1.29, 1.82) is 0 Å². The molecule has 0 aliphatic rings. The molecule has 0 bridgehead atoms. The molecule has 0 aliphatic heterocycles. The number of nitrogen functional groups attached to an aromatic ring is 1. The number of benzene rings is 1. The second-order valence-electron chi connectivity index (χ2n) is 3.95. The Bertz CT molecular complexity index is 524. The van der Waals surface area contributed by atoms with Crippen LogP contribution in [0.5, 0.6) is 0 Å². The van der Waals surface area contributed by atoms with Crippen molar-refractivity contribution in [3.05, 3.63) is 24.0 Å². The molecule has 2 aromatic rings. The molecule has 0 saturated carbocycles. The van der Waals surface area contributed by atoms with Gasteiger partial charge in [-0.1, -0.05) is 6.07 Å². The number of aromatic nitrogens is 2. The molecule has 4 nitrogen and oxygen atoms in total. The molecule has 1 atom stereocenters. The number of para-hydroxylation sites is 1. The zero-order valence-corrected chi connectivity index (χ0v) is 9.98. The molecular weight excluding hydrogens is 221 g/mol. The normalized spacial score (nSPS) is 13.1. The topological polar surface area (TPSA) is 53.1 Å². The number of halogens is 1. The number of hydrogen-bond donors (Lipinski definition) is 1. The first kappa shape index (κ1) is 11.9. The molecular formula is C12H16FN3O. The number of hydrogen-bond acceptors (Lipinski definition) is 3. The lowest BCUT2D eigenvalue weighted by atomic mass is 10.3. The molecule has 1 unspecified atom stereocenters. The van der Waals surface area contributed by atoms with Crippen molar-refractivity contribution < 1.29 is 9.13 Å². The zero-order chi connectivity index (χ0) is 12.4. The van der Waals surface area contributed by atoms with Gasteiger partial charge < -0.3 is 15.0 Å². The van der Waals surface area contributed by atoms with Crippen LogP contribution in [-0.4, -0.2) is 22.3 Å². The minimum Gasteiger partial charge on any atom is -0.377 e. The van der Waals surface area contributed by atoms with Crippen molar-refractivity contribution in [2.24, 2.45) is 0 Å². The largest absolute Gasteiger partial charge is 0.377 e. The highest BCUT2D eigenvalue weighted by molar-refractivity contribution is 5.78. The van der Waals surface area contributed by atoms with Crippen molar-refractivity contribution in [1.82, 2.24) is 9.55 Å². The molecule has 0 radical (unpaired) electrons. The standard InChI is InChI=1S/C12H16FN3O/c1-3-17-8(2)7-16-10-6-4-5-9(13)11(10)15-12(16)14/h4-6,8H,3,7H2,1-2H3,(H2,14,15). The summed E-state index contributed by atoms with van der Waals surface area (Å²) in [5.41, 5.74) is 6.81. The Kier molecular flexibility index (Phi) is 3.28. The third kappa shape index (κ3) is 2.24. The molecule has 0 aliphatic carbocycles. The molecule has 0 saturated heterocycles. The van der Waals surface area contributed by atoms with E-state index in [0.717, 1.165) is 0 Å². The molecule has 0 amide bonds. The van der Waals surface area contributed by atoms with Crippen LogP contribution < -0.4 is 5.73 Å². The van der Waals surface area contributed by atoms with E-state index in [4.69, 9.17) is 10.5 Å². The monoisotopic (exact) mass is 237 g/mol. The van der Waals surface area contributed by atoms with Gasteiger partial charge in [0.15, 0.2) is 5.82 Å². The van der Waals surface area contributed by atoms with Crippen LogP contribution in [0.25, 0.3) is 11.0 Å². The number of fused-ring (bicyclic) bond motifs is 1. The molecule has 1 aromatic heterocycles. The highest BCUT2D eigenvalue weighted by Gasteiger charge is 2.13. The van der Waals surface area contributed by atoms with E-state index < -0.39 is 0 Å². The van der Waals surface area contributed by atoms with E-state index >= 15 is 0 Å². The Morgan fingerprint density at radius 1 is 1.53 bits per heavy atom. The van der Waals surface area contributed by atoms with Gasteiger partial charge in [0, 0.05) is 6.61 Å². The van der Waals surface area contributed by atoms with E-state index in [0.29, 0.717) is 30.1 Å². The van der Waals surface area contributed by atoms with Gasteiger partial charge in [-0.15, -0.1) is 0 Å². The van der Waals surface area contributed by atoms with E-state index in [9.17, 15) is 4.39 Å². The second-order valence-corrected chi connectivity index (χ2v) is 3.95. The van der Waals surface area contributed by atoms with Gasteiger partial charge in [0.25, 0.3) is 0 Å². The summed E-state index contributed by atoms with van der Waals surface area (Å²) in [6.45, 7) is 5.10. The number of nitrogens with zero attached hydrogens (tertiary/aromatic N) is 2. The van der Waals surface area contributed by atoms with Crippen LogP contribution in [0.1, 0.15) is 13.8 Å². The highest BCUT2D eigenvalue weighted by atomic mass is 19.1. The third-order valence-corrected chi connectivity index (χ3v) is 2.65. The summed E-state index contributed by atoms with van der Waals surface area (Å²) in [5, 5.41) is 0. The average Bonchev–Trinajstić information content (AvgIpc) is 2.58. The number of anilines is 1. The smallest absolute Gasteiger partial charge is 0.201 e. The van der Waals surface area contributed by atoms with Crippen molar-refractivity contribution in [3.8, 4) is 0 Å². The Balaban J connectivity index is 2.40. The molecule has 17 heavy (non-hydrogen) atoms. The van der Waals surface area contributed by atoms with Crippen LogP contribution in [0.15, 0.2) is 18.2 Å². The van der Waals surface area contributed by atoms with E-state index in [1.165, 1.54) is 6.07 Å². The highest BCUT2D eigenvalue weighted by Crippen LogP contribution is 2.21. The van der Waals surface area contributed by atoms with Gasteiger partial charge in [-0.05, 0) is 26.0 Å². The third-order valence-electron chi connectivity index (χ3n) is 2.65. The number of ether oxygens (including phenoxy) is 1. The van der Waals surface area contributed by atoms with Crippen molar-refractivity contribution in [2.75, 3.05) is 12.3 Å². The lowest BCUT2D eigenvalue weighted by molar-refractivity contribution is 0.0652. The molecule has 5 heteroatoms. The maximum absolute atomic E-state index is 13.5. The number of nitrogens with two attached hydrogens (primary N) is 1. The predicted molar refractivity (Wildman–Crippen MR) is 65.2 cm³/mol. The minimum atomic E-state index is -0.350. The van der Waals surface area contributed by atoms with Crippen molar-refractivity contribution >= 4 is 17.0 Å². The maximum Gasteiger partial charge on any atom is 0.201 e. The first-order valence-electron chi connectivity index (χ1n) is 5.65. The van der Waals surface area contributed by atoms with E-state index in [-0.39, 0.29) is 11.9 Å². The predicted octanol–water partition coefficient (Wildman–Crippen LogP) is 2.18. The van der Waals surface area contributed by atoms with Gasteiger partial charge in [0.1, 0.15) is 5.52 Å². The van der Waals surface area contributed by atoms with Gasteiger partial charge in [0.2, 0.25) is 5.95 Å². The molecule has 1 aromatic carbocycles. The SMILES string of the molecule is CCOC(C)Cn1c(N)nc2c(F)cccc21. The lowest BCUT2D eigenvalue weighted by Crippen LogP contribution is -2.17. The number of rotatable bonds is 4. The lowest BCUT2D eigenvalue weighted by Gasteiger charge is -2.13. The van der Waals surface area contributed by atoms with Crippen LogP contribution in [0.4, 0.5) is 10.3 Å². The van der Waals surface area contributed by atoms with E-state index in [1.807, 2.05) is 13.8 Å². The Hall–Kier alpha value is -1.62. The average molecular weight is 237 g/mol. The summed E-state index contributed by atoms with van der Waals surface area (Å²) in [4.78, 5) is 4.04. The van der Waals surface area contributed by atoms with E-state index in [1.54, 1.807) is 16.7 Å². The molecule has 2 N–H and O–H groups in total. The van der Waals surface area contributed by atoms with Crippen LogP contribution in [0.3, 0.4) is 0 Å². The molecule has 92 valence electrons. The van der Waals surface area contributed by atoms with Gasteiger partial charge in [-0.25, -0.2) is 9.37 Å². The van der Waals surface area contributed by atoms with Crippen LogP contribution in [0, 0.1) is 5.82 Å². The fourth-order valence-corrected chi connectivity index (χ4v) is 1.92. The summed E-state index contributed by atoms with van der Waals surface area (Å²) in [6.07, 6.45) is 0.0166. The van der Waals surface area contributed by atoms with Crippen LogP contribution >= 0.6 is 0 Å². The Morgan fingerprint density at radius 3 is 3.00 bits per heavy atom. The van der Waals surface area contributed by atoms with Gasteiger partial charge in [0.05, 0.1) is 18.2 Å². The summed E-state index contributed by atoms with van der Waals surface area (Å²) in [6, 6.07) is 4.84. The summed E-state index contributed by atoms with van der Waals surface area (Å²) < 4.78 is 20.7. The second kappa shape index (κ2) is 4.71. The molecule has 0 fully saturated rings. The molecule has 2 rings (SSSR count). The summed E-state index contributed by atoms with van der Waals surface area (Å²) >= 11 is 0. The van der Waals surface area contributed by atoms with E-state index in [2.05, 4.69) is 4.98 Å². The summed E-state index contributed by atoms with van der Waals surface area (Å²) in [5.74, 6) is -0.0336. The van der Waals surface area contributed by atoms with Crippen LogP contribution in [-0.2, 0) is 11.3 Å². The number of imidazole rings is 1. The fraction of sp³-hybridized carbons (Fsp3) is 0.417. The fourth-order valence-electron chi connectivity index (χ4n) is 1.92. The summed E-state index contributed by atoms with van der Waals surface area (Å²) in [7, 11) is 0. The zero-order valence-electron chi connectivity index (χ0n) is 9.98. The van der Waals surface area contributed by atoms with Gasteiger partial charge in [-0.3, -0.25) is 0 Å². The Labute approximate surface area is 99.2 Å². The minimum absolute atomic E-state index is 0.0166. The maximum atomic E-state index is 13.5. The van der Waals surface area contributed by atoms with Crippen molar-refractivity contribution in [3.63, 3.8) is 0 Å². The molecule has 0 spiro atoms. The van der Waals surface area contributed by atoms with Gasteiger partial charge in [-0.2, -0.15) is 0 Å². The first-order chi connectivity index (χ1) is 8.13. The quantitative estimate of drug-likeness (QED) is 0.886. The van der Waals surface area contributed by atoms with Crippen LogP contribution in [0.2, 0.25) is 0 Å².